The van der Waals surface area contributed by atoms with Gasteiger partial charge in [-0.3, -0.25) is 14.7 Å². The van der Waals surface area contributed by atoms with Gasteiger partial charge in [-0.2, -0.15) is 0 Å². The van der Waals surface area contributed by atoms with Crippen molar-refractivity contribution < 1.29 is 9.53 Å². The van der Waals surface area contributed by atoms with E-state index < -0.39 is 0 Å². The molecule has 0 atom stereocenters. The first-order valence-electron chi connectivity index (χ1n) is 9.77. The van der Waals surface area contributed by atoms with Crippen molar-refractivity contribution in [1.29, 1.82) is 0 Å². The minimum atomic E-state index is -0.144. The van der Waals surface area contributed by atoms with Crippen LogP contribution in [-0.2, 0) is 11.3 Å². The van der Waals surface area contributed by atoms with E-state index in [4.69, 9.17) is 9.72 Å². The van der Waals surface area contributed by atoms with Gasteiger partial charge in [-0.15, -0.1) is 0 Å². The summed E-state index contributed by atoms with van der Waals surface area (Å²) in [6, 6.07) is 15.7. The molecule has 0 saturated heterocycles. The molecule has 152 valence electrons. The first-order chi connectivity index (χ1) is 14.5. The molecular formula is C24H23N3O2S. The summed E-state index contributed by atoms with van der Waals surface area (Å²) in [6.45, 7) is 6.46. The number of thiazole rings is 1. The second kappa shape index (κ2) is 8.63. The van der Waals surface area contributed by atoms with Gasteiger partial charge in [-0.25, -0.2) is 4.98 Å². The summed E-state index contributed by atoms with van der Waals surface area (Å²) in [7, 11) is 0. The van der Waals surface area contributed by atoms with Crippen LogP contribution in [0.1, 0.15) is 22.3 Å². The molecule has 0 saturated carbocycles. The molecule has 1 amide bonds. The zero-order valence-corrected chi connectivity index (χ0v) is 18.1. The predicted octanol–water partition coefficient (Wildman–Crippen LogP) is 5.23. The van der Waals surface area contributed by atoms with E-state index in [1.54, 1.807) is 17.3 Å². The van der Waals surface area contributed by atoms with E-state index in [1.165, 1.54) is 22.5 Å². The number of anilines is 1. The van der Waals surface area contributed by atoms with Crippen molar-refractivity contribution in [2.45, 2.75) is 27.3 Å². The Morgan fingerprint density at radius 3 is 2.60 bits per heavy atom. The van der Waals surface area contributed by atoms with Gasteiger partial charge in [-0.05, 0) is 67.3 Å². The number of hydrogen-bond donors (Lipinski definition) is 0. The third-order valence-corrected chi connectivity index (χ3v) is 6.07. The summed E-state index contributed by atoms with van der Waals surface area (Å²) in [6.07, 6.45) is 3.49. The summed E-state index contributed by atoms with van der Waals surface area (Å²) >= 11 is 1.52. The lowest BCUT2D eigenvalue weighted by Crippen LogP contribution is -2.34. The van der Waals surface area contributed by atoms with Crippen LogP contribution in [0.4, 0.5) is 5.13 Å². The van der Waals surface area contributed by atoms with Gasteiger partial charge in [0.05, 0.1) is 16.8 Å². The molecule has 0 unspecified atom stereocenters. The Morgan fingerprint density at radius 1 is 1.03 bits per heavy atom. The Morgan fingerprint density at radius 2 is 1.83 bits per heavy atom. The van der Waals surface area contributed by atoms with Gasteiger partial charge in [0.15, 0.2) is 11.7 Å². The maximum absolute atomic E-state index is 13.2. The minimum absolute atomic E-state index is 0.0565. The lowest BCUT2D eigenvalue weighted by atomic mass is 10.1. The molecule has 2 aromatic heterocycles. The lowest BCUT2D eigenvalue weighted by Gasteiger charge is -2.20. The molecule has 0 aliphatic heterocycles. The van der Waals surface area contributed by atoms with Gasteiger partial charge in [-0.1, -0.05) is 35.6 Å². The fourth-order valence-electron chi connectivity index (χ4n) is 3.16. The van der Waals surface area contributed by atoms with Gasteiger partial charge in [0.1, 0.15) is 5.75 Å². The zero-order valence-electron chi connectivity index (χ0n) is 17.3. The highest BCUT2D eigenvalue weighted by molar-refractivity contribution is 7.22. The monoisotopic (exact) mass is 417 g/mol. The minimum Gasteiger partial charge on any atom is -0.483 e. The first kappa shape index (κ1) is 20.0. The van der Waals surface area contributed by atoms with Crippen LogP contribution in [0.2, 0.25) is 0 Å². The lowest BCUT2D eigenvalue weighted by molar-refractivity contribution is -0.120. The SMILES string of the molecule is Cc1cc2nc(N(Cc3cccnc3)C(=O)COc3ccccc3C)sc2cc1C. The number of carbonyl (C=O) groups is 1. The van der Waals surface area contributed by atoms with Crippen molar-refractivity contribution >= 4 is 32.6 Å². The molecule has 4 rings (SSSR count). The van der Waals surface area contributed by atoms with E-state index in [2.05, 4.69) is 31.0 Å². The Hall–Kier alpha value is -3.25. The first-order valence-corrected chi connectivity index (χ1v) is 10.6. The summed E-state index contributed by atoms with van der Waals surface area (Å²) in [5.74, 6) is 0.567. The van der Waals surface area contributed by atoms with Crippen LogP contribution in [-0.4, -0.2) is 22.5 Å². The highest BCUT2D eigenvalue weighted by Crippen LogP contribution is 2.32. The van der Waals surface area contributed by atoms with E-state index in [-0.39, 0.29) is 12.5 Å². The number of pyridine rings is 1. The fourth-order valence-corrected chi connectivity index (χ4v) is 4.22. The number of hydrogen-bond acceptors (Lipinski definition) is 5. The van der Waals surface area contributed by atoms with Crippen molar-refractivity contribution in [2.75, 3.05) is 11.5 Å². The van der Waals surface area contributed by atoms with Gasteiger partial charge < -0.3 is 4.74 Å². The maximum Gasteiger partial charge on any atom is 0.267 e. The number of rotatable bonds is 6. The average molecular weight is 418 g/mol. The molecule has 0 fully saturated rings. The highest BCUT2D eigenvalue weighted by Gasteiger charge is 2.21. The fraction of sp³-hybridized carbons (Fsp3) is 0.208. The van der Waals surface area contributed by atoms with Crippen molar-refractivity contribution in [1.82, 2.24) is 9.97 Å². The summed E-state index contributed by atoms with van der Waals surface area (Å²) < 4.78 is 6.89. The van der Waals surface area contributed by atoms with Crippen molar-refractivity contribution in [3.63, 3.8) is 0 Å². The zero-order chi connectivity index (χ0) is 21.1. The Kier molecular flexibility index (Phi) is 5.77. The summed E-state index contributed by atoms with van der Waals surface area (Å²) in [4.78, 5) is 23.8. The largest absolute Gasteiger partial charge is 0.483 e. The number of aryl methyl sites for hydroxylation is 3. The van der Waals surface area contributed by atoms with Crippen LogP contribution in [0, 0.1) is 20.8 Å². The molecule has 5 nitrogen and oxygen atoms in total. The van der Waals surface area contributed by atoms with Gasteiger partial charge in [0, 0.05) is 12.4 Å². The molecular weight excluding hydrogens is 394 g/mol. The smallest absolute Gasteiger partial charge is 0.267 e. The number of carbonyl (C=O) groups excluding carboxylic acids is 1. The van der Waals surface area contributed by atoms with Crippen LogP contribution >= 0.6 is 11.3 Å². The molecule has 2 heterocycles. The number of aromatic nitrogens is 2. The standard InChI is InChI=1S/C24H23N3O2S/c1-16-7-4-5-9-21(16)29-15-23(28)27(14-19-8-6-10-25-13-19)24-26-20-11-17(2)18(3)12-22(20)30-24/h4-13H,14-15H2,1-3H3. The van der Waals surface area contributed by atoms with Crippen LogP contribution in [0.15, 0.2) is 60.9 Å². The van der Waals surface area contributed by atoms with E-state index in [0.717, 1.165) is 21.3 Å². The Bertz CT molecular complexity index is 1150. The van der Waals surface area contributed by atoms with Crippen molar-refractivity contribution in [3.8, 4) is 5.75 Å². The van der Waals surface area contributed by atoms with E-state index in [0.29, 0.717) is 17.4 Å². The third-order valence-electron chi connectivity index (χ3n) is 5.03. The van der Waals surface area contributed by atoms with Gasteiger partial charge >= 0.3 is 0 Å². The second-order valence-corrected chi connectivity index (χ2v) is 8.31. The number of para-hydroxylation sites is 1. The molecule has 2 aromatic carbocycles. The Balaban J connectivity index is 1.64. The second-order valence-electron chi connectivity index (χ2n) is 7.30. The number of benzene rings is 2. The number of amides is 1. The maximum atomic E-state index is 13.2. The topological polar surface area (TPSA) is 55.3 Å². The van der Waals surface area contributed by atoms with E-state index in [1.807, 2.05) is 43.3 Å². The average Bonchev–Trinajstić information content (AvgIpc) is 3.14. The predicted molar refractivity (Wildman–Crippen MR) is 121 cm³/mol. The van der Waals surface area contributed by atoms with Crippen molar-refractivity contribution in [2.24, 2.45) is 0 Å². The molecule has 0 aliphatic carbocycles. The van der Waals surface area contributed by atoms with E-state index in [9.17, 15) is 4.79 Å². The molecule has 0 spiro atoms. The van der Waals surface area contributed by atoms with Gasteiger partial charge in [0.2, 0.25) is 0 Å². The number of fused-ring (bicyclic) bond motifs is 1. The molecule has 0 bridgehead atoms. The summed E-state index contributed by atoms with van der Waals surface area (Å²) in [5.41, 5.74) is 5.24. The molecule has 0 N–H and O–H groups in total. The Labute approximate surface area is 180 Å². The molecule has 0 aliphatic rings. The summed E-state index contributed by atoms with van der Waals surface area (Å²) in [5, 5.41) is 0.664. The van der Waals surface area contributed by atoms with Crippen LogP contribution in [0.25, 0.3) is 10.2 Å². The molecule has 30 heavy (non-hydrogen) atoms. The molecule has 6 heteroatoms. The van der Waals surface area contributed by atoms with Crippen LogP contribution in [0.3, 0.4) is 0 Å². The van der Waals surface area contributed by atoms with E-state index >= 15 is 0 Å². The molecule has 0 radical (unpaired) electrons. The normalized spacial score (nSPS) is 10.9. The van der Waals surface area contributed by atoms with Crippen LogP contribution < -0.4 is 9.64 Å². The van der Waals surface area contributed by atoms with Gasteiger partial charge in [0.25, 0.3) is 5.91 Å². The molecule has 4 aromatic rings. The van der Waals surface area contributed by atoms with Crippen LogP contribution in [0.5, 0.6) is 5.75 Å². The van der Waals surface area contributed by atoms with Crippen molar-refractivity contribution in [3.05, 3.63) is 83.2 Å². The quantitative estimate of drug-likeness (QED) is 0.431. The highest BCUT2D eigenvalue weighted by atomic mass is 32.1. The third kappa shape index (κ3) is 4.33. The number of nitrogens with zero attached hydrogens (tertiary/aromatic N) is 3. The number of ether oxygens (including phenoxy) is 1.